The number of hydrogen-bond acceptors (Lipinski definition) is 6. The lowest BCUT2D eigenvalue weighted by atomic mass is 10.2. The molecular weight excluding hydrogens is 417 g/mol. The summed E-state index contributed by atoms with van der Waals surface area (Å²) in [5, 5.41) is 0. The summed E-state index contributed by atoms with van der Waals surface area (Å²) in [6, 6.07) is 20.7. The van der Waals surface area contributed by atoms with Gasteiger partial charge in [-0.15, -0.1) is 0 Å². The van der Waals surface area contributed by atoms with Crippen molar-refractivity contribution in [1.29, 1.82) is 0 Å². The summed E-state index contributed by atoms with van der Waals surface area (Å²) in [6.45, 7) is 0. The van der Waals surface area contributed by atoms with Gasteiger partial charge in [-0.3, -0.25) is 9.59 Å². The van der Waals surface area contributed by atoms with Crippen LogP contribution in [0, 0.1) is 5.82 Å². The van der Waals surface area contributed by atoms with Crippen molar-refractivity contribution in [3.05, 3.63) is 102 Å². The number of imide groups is 1. The van der Waals surface area contributed by atoms with Gasteiger partial charge in [-0.1, -0.05) is 48.5 Å². The minimum Gasteiger partial charge on any atom is -0.444 e. The first-order valence-corrected chi connectivity index (χ1v) is 9.62. The number of carbonyl (C=O) groups is 4. The normalized spacial score (nSPS) is 17.8. The first kappa shape index (κ1) is 20.9. The minimum absolute atomic E-state index is 0.130. The fourth-order valence-electron chi connectivity index (χ4n) is 3.23. The Morgan fingerprint density at radius 2 is 1.06 bits per heavy atom. The lowest BCUT2D eigenvalue weighted by Crippen LogP contribution is -2.37. The third kappa shape index (κ3) is 3.98. The van der Waals surface area contributed by atoms with Crippen molar-refractivity contribution in [3.8, 4) is 0 Å². The summed E-state index contributed by atoms with van der Waals surface area (Å²) < 4.78 is 24.9. The molecule has 0 N–H and O–H groups in total. The zero-order valence-electron chi connectivity index (χ0n) is 16.5. The number of rotatable bonds is 5. The molecule has 2 atom stereocenters. The van der Waals surface area contributed by atoms with Crippen molar-refractivity contribution in [2.24, 2.45) is 0 Å². The molecule has 32 heavy (non-hydrogen) atoms. The molecule has 0 radical (unpaired) electrons. The fraction of sp³-hybridized carbons (Fsp3) is 0.0833. The van der Waals surface area contributed by atoms with Crippen LogP contribution < -0.4 is 4.90 Å². The molecular formula is C24H16FNO6. The Kier molecular flexibility index (Phi) is 5.76. The van der Waals surface area contributed by atoms with Gasteiger partial charge in [0.15, 0.2) is 0 Å². The summed E-state index contributed by atoms with van der Waals surface area (Å²) in [5.41, 5.74) is -0.0722. The third-order valence-electron chi connectivity index (χ3n) is 4.78. The van der Waals surface area contributed by atoms with Crippen LogP contribution in [-0.4, -0.2) is 36.0 Å². The Bertz CT molecular complexity index is 1110. The highest BCUT2D eigenvalue weighted by molar-refractivity contribution is 6.25. The van der Waals surface area contributed by atoms with Crippen LogP contribution in [0.25, 0.3) is 0 Å². The monoisotopic (exact) mass is 433 g/mol. The van der Waals surface area contributed by atoms with E-state index in [-0.39, 0.29) is 16.8 Å². The first-order chi connectivity index (χ1) is 15.5. The molecule has 0 spiro atoms. The predicted molar refractivity (Wildman–Crippen MR) is 110 cm³/mol. The average molecular weight is 433 g/mol. The minimum atomic E-state index is -1.78. The summed E-state index contributed by atoms with van der Waals surface area (Å²) in [5.74, 6) is -4.66. The number of esters is 2. The van der Waals surface area contributed by atoms with Gasteiger partial charge < -0.3 is 9.47 Å². The zero-order valence-corrected chi connectivity index (χ0v) is 16.5. The second-order valence-corrected chi connectivity index (χ2v) is 6.85. The number of carbonyl (C=O) groups excluding carboxylic acids is 4. The highest BCUT2D eigenvalue weighted by atomic mass is 19.1. The Labute approximate surface area is 182 Å². The van der Waals surface area contributed by atoms with Gasteiger partial charge >= 0.3 is 11.9 Å². The Balaban J connectivity index is 1.67. The van der Waals surface area contributed by atoms with E-state index in [1.807, 2.05) is 0 Å². The smallest absolute Gasteiger partial charge is 0.339 e. The number of ether oxygens (including phenoxy) is 2. The Morgan fingerprint density at radius 3 is 1.50 bits per heavy atom. The second-order valence-electron chi connectivity index (χ2n) is 6.85. The van der Waals surface area contributed by atoms with Gasteiger partial charge in [-0.05, 0) is 36.4 Å². The summed E-state index contributed by atoms with van der Waals surface area (Å²) in [4.78, 5) is 51.7. The molecule has 1 fully saturated rings. The largest absolute Gasteiger partial charge is 0.444 e. The molecule has 1 saturated heterocycles. The number of amides is 2. The molecule has 3 aromatic carbocycles. The molecule has 0 saturated carbocycles. The van der Waals surface area contributed by atoms with Crippen molar-refractivity contribution in [2.75, 3.05) is 4.90 Å². The molecule has 1 aliphatic heterocycles. The molecule has 0 bridgehead atoms. The van der Waals surface area contributed by atoms with Crippen LogP contribution in [0.2, 0.25) is 0 Å². The number of para-hydroxylation sites is 1. The molecule has 7 nitrogen and oxygen atoms in total. The third-order valence-corrected chi connectivity index (χ3v) is 4.78. The lowest BCUT2D eigenvalue weighted by Gasteiger charge is -2.16. The number of nitrogens with zero attached hydrogens (tertiary/aromatic N) is 1. The van der Waals surface area contributed by atoms with Gasteiger partial charge in [-0.2, -0.15) is 0 Å². The molecule has 2 amide bonds. The molecule has 160 valence electrons. The summed E-state index contributed by atoms with van der Waals surface area (Å²) in [6.07, 6.45) is -3.55. The van der Waals surface area contributed by atoms with Crippen LogP contribution >= 0.6 is 0 Å². The standard InChI is InChI=1S/C24H16FNO6/c25-17-13-7-8-14-18(17)26-21(27)19(31-23(29)15-9-3-1-4-10-15)20(22(26)28)32-24(30)16-11-5-2-6-12-16/h1-14,19-20H/t19-,20-/m0/s1. The maximum atomic E-state index is 14.3. The maximum Gasteiger partial charge on any atom is 0.339 e. The number of anilines is 1. The summed E-state index contributed by atoms with van der Waals surface area (Å²) >= 11 is 0. The van der Waals surface area contributed by atoms with Crippen LogP contribution in [0.4, 0.5) is 10.1 Å². The number of benzene rings is 3. The van der Waals surface area contributed by atoms with E-state index < -0.39 is 41.8 Å². The fourth-order valence-corrected chi connectivity index (χ4v) is 3.23. The van der Waals surface area contributed by atoms with E-state index in [4.69, 9.17) is 9.47 Å². The lowest BCUT2D eigenvalue weighted by molar-refractivity contribution is -0.130. The molecule has 0 aliphatic carbocycles. The van der Waals surface area contributed by atoms with E-state index >= 15 is 0 Å². The molecule has 8 heteroatoms. The van der Waals surface area contributed by atoms with Crippen molar-refractivity contribution >= 4 is 29.4 Å². The quantitative estimate of drug-likeness (QED) is 0.454. The first-order valence-electron chi connectivity index (χ1n) is 9.62. The van der Waals surface area contributed by atoms with Gasteiger partial charge in [0.25, 0.3) is 11.8 Å². The van der Waals surface area contributed by atoms with Gasteiger partial charge in [0.1, 0.15) is 5.82 Å². The number of halogens is 1. The van der Waals surface area contributed by atoms with E-state index in [1.54, 1.807) is 36.4 Å². The van der Waals surface area contributed by atoms with E-state index in [0.717, 1.165) is 6.07 Å². The molecule has 0 aromatic heterocycles. The molecule has 4 rings (SSSR count). The van der Waals surface area contributed by atoms with Crippen molar-refractivity contribution in [2.45, 2.75) is 12.2 Å². The average Bonchev–Trinajstić information content (AvgIpc) is 3.04. The number of hydrogen-bond donors (Lipinski definition) is 0. The van der Waals surface area contributed by atoms with Crippen LogP contribution in [0.3, 0.4) is 0 Å². The van der Waals surface area contributed by atoms with Crippen LogP contribution in [-0.2, 0) is 19.1 Å². The Hall–Kier alpha value is -4.33. The highest BCUT2D eigenvalue weighted by Gasteiger charge is 2.54. The van der Waals surface area contributed by atoms with Crippen LogP contribution in [0.5, 0.6) is 0 Å². The topological polar surface area (TPSA) is 90.0 Å². The van der Waals surface area contributed by atoms with Gasteiger partial charge in [0, 0.05) is 0 Å². The molecule has 1 aliphatic rings. The second kappa shape index (κ2) is 8.81. The molecule has 1 heterocycles. The predicted octanol–water partition coefficient (Wildman–Crippen LogP) is 3.15. The van der Waals surface area contributed by atoms with Gasteiger partial charge in [0.05, 0.1) is 16.8 Å². The molecule has 0 unspecified atom stereocenters. The SMILES string of the molecule is O=C(O[C@@H]1C(=O)N(c2ccccc2F)C(=O)[C@H]1OC(=O)c1ccccc1)c1ccccc1. The van der Waals surface area contributed by atoms with E-state index in [1.165, 1.54) is 42.5 Å². The van der Waals surface area contributed by atoms with Crippen molar-refractivity contribution in [3.63, 3.8) is 0 Å². The summed E-state index contributed by atoms with van der Waals surface area (Å²) in [7, 11) is 0. The van der Waals surface area contributed by atoms with Crippen molar-refractivity contribution < 1.29 is 33.0 Å². The van der Waals surface area contributed by atoms with E-state index in [9.17, 15) is 23.6 Å². The zero-order chi connectivity index (χ0) is 22.7. The van der Waals surface area contributed by atoms with E-state index in [2.05, 4.69) is 0 Å². The highest BCUT2D eigenvalue weighted by Crippen LogP contribution is 2.29. The van der Waals surface area contributed by atoms with E-state index in [0.29, 0.717) is 4.90 Å². The maximum absolute atomic E-state index is 14.3. The molecule has 3 aromatic rings. The van der Waals surface area contributed by atoms with Crippen LogP contribution in [0.15, 0.2) is 84.9 Å². The van der Waals surface area contributed by atoms with Crippen molar-refractivity contribution in [1.82, 2.24) is 0 Å². The Morgan fingerprint density at radius 1 is 0.656 bits per heavy atom. The van der Waals surface area contributed by atoms with Gasteiger partial charge in [-0.25, -0.2) is 18.9 Å². The van der Waals surface area contributed by atoms with Gasteiger partial charge in [0.2, 0.25) is 12.2 Å². The van der Waals surface area contributed by atoms with Crippen LogP contribution in [0.1, 0.15) is 20.7 Å².